The van der Waals surface area contributed by atoms with Crippen LogP contribution in [-0.2, 0) is 0 Å². The predicted octanol–water partition coefficient (Wildman–Crippen LogP) is 2.52. The van der Waals surface area contributed by atoms with Crippen molar-refractivity contribution in [3.63, 3.8) is 0 Å². The Morgan fingerprint density at radius 2 is 2.21 bits per heavy atom. The quantitative estimate of drug-likeness (QED) is 0.757. The molecule has 0 N–H and O–H groups in total. The monoisotopic (exact) mass is 206 g/mol. The molecule has 0 unspecified atom stereocenters. The molecular weight excluding hydrogens is 196 g/mol. The van der Waals surface area contributed by atoms with Crippen LogP contribution in [0.1, 0.15) is 4.88 Å². The highest BCUT2D eigenvalue weighted by Gasteiger charge is 2.08. The van der Waals surface area contributed by atoms with Crippen LogP contribution in [0.5, 0.6) is 5.88 Å². The molecule has 0 atom stereocenters. The zero-order valence-corrected chi connectivity index (χ0v) is 8.84. The van der Waals surface area contributed by atoms with Gasteiger partial charge in [-0.2, -0.15) is 0 Å². The zero-order chi connectivity index (χ0) is 9.97. The Kier molecular flexibility index (Phi) is 2.45. The van der Waals surface area contributed by atoms with Gasteiger partial charge in [0.15, 0.2) is 0 Å². The molecule has 2 aromatic heterocycles. The number of methoxy groups -OCH3 is 1. The summed E-state index contributed by atoms with van der Waals surface area (Å²) >= 11 is 1.64. The third-order valence-electron chi connectivity index (χ3n) is 1.82. The molecule has 0 aliphatic rings. The molecule has 14 heavy (non-hydrogen) atoms. The molecule has 4 heteroatoms. The number of hydrogen-bond acceptors (Lipinski definition) is 4. The molecule has 0 spiro atoms. The van der Waals surface area contributed by atoms with Gasteiger partial charge in [-0.25, -0.2) is 9.97 Å². The normalized spacial score (nSPS) is 10.1. The summed E-state index contributed by atoms with van der Waals surface area (Å²) in [5.41, 5.74) is 0.952. The average Bonchev–Trinajstić information content (AvgIpc) is 2.65. The minimum atomic E-state index is 0.627. The smallest absolute Gasteiger partial charge is 0.223 e. The molecule has 0 bridgehead atoms. The van der Waals surface area contributed by atoms with Gasteiger partial charge in [0, 0.05) is 17.3 Å². The van der Waals surface area contributed by atoms with Gasteiger partial charge in [-0.3, -0.25) is 0 Å². The Hall–Kier alpha value is -1.42. The summed E-state index contributed by atoms with van der Waals surface area (Å²) in [4.78, 5) is 9.61. The van der Waals surface area contributed by atoms with E-state index in [1.165, 1.54) is 4.88 Å². The van der Waals surface area contributed by atoms with E-state index in [1.54, 1.807) is 24.6 Å². The van der Waals surface area contributed by atoms with Crippen molar-refractivity contribution in [2.45, 2.75) is 6.92 Å². The van der Waals surface area contributed by atoms with Crippen LogP contribution in [0.15, 0.2) is 24.5 Å². The molecule has 0 fully saturated rings. The van der Waals surface area contributed by atoms with Gasteiger partial charge in [0.05, 0.1) is 12.7 Å². The Bertz CT molecular complexity index is 439. The maximum absolute atomic E-state index is 5.16. The molecular formula is C10H10N2OS. The highest BCUT2D eigenvalue weighted by atomic mass is 32.1. The van der Waals surface area contributed by atoms with Crippen molar-refractivity contribution >= 4 is 11.3 Å². The van der Waals surface area contributed by atoms with E-state index in [9.17, 15) is 0 Å². The fourth-order valence-corrected chi connectivity index (χ4v) is 1.98. The van der Waals surface area contributed by atoms with Gasteiger partial charge in [-0.05, 0) is 19.1 Å². The van der Waals surface area contributed by atoms with E-state index in [0.717, 1.165) is 10.6 Å². The zero-order valence-electron chi connectivity index (χ0n) is 8.02. The molecule has 0 aliphatic heterocycles. The topological polar surface area (TPSA) is 35.0 Å². The number of rotatable bonds is 2. The number of hydrogen-bond donors (Lipinski definition) is 0. The lowest BCUT2D eigenvalue weighted by Gasteiger charge is -2.02. The second-order valence-electron chi connectivity index (χ2n) is 2.84. The van der Waals surface area contributed by atoms with E-state index in [-0.39, 0.29) is 0 Å². The SMILES string of the molecule is COc1ncccc1-c1ncc(C)s1. The summed E-state index contributed by atoms with van der Waals surface area (Å²) in [5, 5.41) is 0.951. The minimum Gasteiger partial charge on any atom is -0.480 e. The highest BCUT2D eigenvalue weighted by Crippen LogP contribution is 2.30. The van der Waals surface area contributed by atoms with Gasteiger partial charge >= 0.3 is 0 Å². The van der Waals surface area contributed by atoms with E-state index in [1.807, 2.05) is 25.3 Å². The van der Waals surface area contributed by atoms with Gasteiger partial charge in [-0.15, -0.1) is 11.3 Å². The Balaban J connectivity index is 2.50. The second kappa shape index (κ2) is 3.75. The van der Waals surface area contributed by atoms with Gasteiger partial charge in [0.25, 0.3) is 0 Å². The number of nitrogens with zero attached hydrogens (tertiary/aromatic N) is 2. The summed E-state index contributed by atoms with van der Waals surface area (Å²) in [5.74, 6) is 0.627. The Morgan fingerprint density at radius 3 is 2.86 bits per heavy atom. The predicted molar refractivity (Wildman–Crippen MR) is 56.6 cm³/mol. The van der Waals surface area contributed by atoms with Crippen molar-refractivity contribution < 1.29 is 4.74 Å². The lowest BCUT2D eigenvalue weighted by Crippen LogP contribution is -1.89. The first-order valence-electron chi connectivity index (χ1n) is 4.23. The first-order valence-corrected chi connectivity index (χ1v) is 5.04. The fourth-order valence-electron chi connectivity index (χ4n) is 1.20. The van der Waals surface area contributed by atoms with Crippen molar-refractivity contribution in [1.82, 2.24) is 9.97 Å². The molecule has 0 aromatic carbocycles. The average molecular weight is 206 g/mol. The van der Waals surface area contributed by atoms with E-state index in [0.29, 0.717) is 5.88 Å². The third-order valence-corrected chi connectivity index (χ3v) is 2.76. The van der Waals surface area contributed by atoms with Gasteiger partial charge in [0.2, 0.25) is 5.88 Å². The minimum absolute atomic E-state index is 0.627. The maximum Gasteiger partial charge on any atom is 0.223 e. The first-order chi connectivity index (χ1) is 6.81. The second-order valence-corrected chi connectivity index (χ2v) is 4.07. The summed E-state index contributed by atoms with van der Waals surface area (Å²) in [6, 6.07) is 3.85. The van der Waals surface area contributed by atoms with Crippen LogP contribution >= 0.6 is 11.3 Å². The number of ether oxygens (including phenoxy) is 1. The number of aromatic nitrogens is 2. The number of aryl methyl sites for hydroxylation is 1. The van der Waals surface area contributed by atoms with Crippen LogP contribution in [0.4, 0.5) is 0 Å². The molecule has 2 aromatic rings. The first kappa shape index (κ1) is 9.15. The van der Waals surface area contributed by atoms with E-state index in [2.05, 4.69) is 9.97 Å². The fraction of sp³-hybridized carbons (Fsp3) is 0.200. The molecule has 0 amide bonds. The van der Waals surface area contributed by atoms with Crippen molar-refractivity contribution in [2.75, 3.05) is 7.11 Å². The van der Waals surface area contributed by atoms with Crippen LogP contribution in [0, 0.1) is 6.92 Å². The highest BCUT2D eigenvalue weighted by molar-refractivity contribution is 7.15. The van der Waals surface area contributed by atoms with Crippen molar-refractivity contribution in [1.29, 1.82) is 0 Å². The van der Waals surface area contributed by atoms with Crippen molar-refractivity contribution in [2.24, 2.45) is 0 Å². The molecule has 3 nitrogen and oxygen atoms in total. The van der Waals surface area contributed by atoms with Crippen LogP contribution in [-0.4, -0.2) is 17.1 Å². The van der Waals surface area contributed by atoms with E-state index < -0.39 is 0 Å². The summed E-state index contributed by atoms with van der Waals surface area (Å²) < 4.78 is 5.16. The summed E-state index contributed by atoms with van der Waals surface area (Å²) in [6.07, 6.45) is 3.56. The largest absolute Gasteiger partial charge is 0.480 e. The molecule has 0 saturated carbocycles. The summed E-state index contributed by atoms with van der Waals surface area (Å²) in [6.45, 7) is 2.03. The Labute approximate surface area is 86.4 Å². The van der Waals surface area contributed by atoms with Crippen LogP contribution in [0.25, 0.3) is 10.6 Å². The van der Waals surface area contributed by atoms with E-state index >= 15 is 0 Å². The third kappa shape index (κ3) is 1.61. The number of thiazole rings is 1. The van der Waals surface area contributed by atoms with Gasteiger partial charge in [0.1, 0.15) is 5.01 Å². The maximum atomic E-state index is 5.16. The lowest BCUT2D eigenvalue weighted by atomic mass is 10.3. The lowest BCUT2D eigenvalue weighted by molar-refractivity contribution is 0.399. The van der Waals surface area contributed by atoms with Gasteiger partial charge < -0.3 is 4.74 Å². The molecule has 0 saturated heterocycles. The van der Waals surface area contributed by atoms with E-state index in [4.69, 9.17) is 4.74 Å². The van der Waals surface area contributed by atoms with Crippen molar-refractivity contribution in [3.05, 3.63) is 29.4 Å². The molecule has 0 radical (unpaired) electrons. The molecule has 2 rings (SSSR count). The van der Waals surface area contributed by atoms with Crippen LogP contribution < -0.4 is 4.74 Å². The molecule has 72 valence electrons. The number of pyridine rings is 1. The standard InChI is InChI=1S/C10H10N2OS/c1-7-6-12-10(14-7)8-4-3-5-11-9(8)13-2/h3-6H,1-2H3. The van der Waals surface area contributed by atoms with Crippen LogP contribution in [0.3, 0.4) is 0 Å². The van der Waals surface area contributed by atoms with Crippen LogP contribution in [0.2, 0.25) is 0 Å². The summed E-state index contributed by atoms with van der Waals surface area (Å²) in [7, 11) is 1.62. The Morgan fingerprint density at radius 1 is 1.36 bits per heavy atom. The van der Waals surface area contributed by atoms with Gasteiger partial charge in [-0.1, -0.05) is 0 Å². The van der Waals surface area contributed by atoms with Crippen molar-refractivity contribution in [3.8, 4) is 16.5 Å². The molecule has 0 aliphatic carbocycles. The molecule has 2 heterocycles.